The quantitative estimate of drug-likeness (QED) is 0.920. The minimum absolute atomic E-state index is 0.130. The van der Waals surface area contributed by atoms with Crippen LogP contribution >= 0.6 is 11.8 Å². The van der Waals surface area contributed by atoms with Crippen LogP contribution in [0, 0.1) is 0 Å². The first-order valence-corrected chi connectivity index (χ1v) is 9.65. The molecule has 0 aromatic heterocycles. The molecule has 0 saturated carbocycles. The molecule has 6 heteroatoms. The van der Waals surface area contributed by atoms with Crippen molar-refractivity contribution in [1.29, 1.82) is 0 Å². The van der Waals surface area contributed by atoms with Crippen molar-refractivity contribution in [2.75, 3.05) is 13.1 Å². The zero-order chi connectivity index (χ0) is 15.6. The largest absolute Gasteiger partial charge is 0.392 e. The van der Waals surface area contributed by atoms with Gasteiger partial charge >= 0.3 is 0 Å². The van der Waals surface area contributed by atoms with Crippen molar-refractivity contribution in [3.05, 3.63) is 29.3 Å². The molecule has 1 aliphatic heterocycles. The number of hydrogen-bond donors (Lipinski definition) is 1. The molecule has 0 bridgehead atoms. The van der Waals surface area contributed by atoms with Crippen molar-refractivity contribution in [2.24, 2.45) is 0 Å². The Kier molecular flexibility index (Phi) is 5.35. The summed E-state index contributed by atoms with van der Waals surface area (Å²) in [6, 6.07) is 5.08. The Morgan fingerprint density at radius 3 is 2.38 bits per heavy atom. The second kappa shape index (κ2) is 6.69. The van der Waals surface area contributed by atoms with E-state index in [2.05, 4.69) is 13.8 Å². The smallest absolute Gasteiger partial charge is 0.243 e. The summed E-state index contributed by atoms with van der Waals surface area (Å²) in [4.78, 5) is 0.287. The van der Waals surface area contributed by atoms with Gasteiger partial charge in [0.1, 0.15) is 0 Å². The number of benzene rings is 1. The number of rotatable bonds is 4. The molecular weight excluding hydrogens is 306 g/mol. The molecule has 21 heavy (non-hydrogen) atoms. The lowest BCUT2D eigenvalue weighted by Gasteiger charge is -2.33. The molecule has 0 radical (unpaired) electrons. The molecule has 2 unspecified atom stereocenters. The van der Waals surface area contributed by atoms with Crippen LogP contribution in [0.15, 0.2) is 23.1 Å². The van der Waals surface area contributed by atoms with Gasteiger partial charge in [-0.3, -0.25) is 0 Å². The van der Waals surface area contributed by atoms with Gasteiger partial charge in [-0.1, -0.05) is 26.8 Å². The van der Waals surface area contributed by atoms with Gasteiger partial charge in [0.05, 0.1) is 11.5 Å². The standard InChI is InChI=1S/C15H23NO3S2/c1-4-13-5-6-15(7-14(13)10-17)21(18,19)16-8-11(2)20-12(3)9-16/h5-7,11-12,17H,4,8-10H2,1-3H3. The van der Waals surface area contributed by atoms with Gasteiger partial charge < -0.3 is 5.11 Å². The highest BCUT2D eigenvalue weighted by Crippen LogP contribution is 2.29. The van der Waals surface area contributed by atoms with Crippen molar-refractivity contribution >= 4 is 21.8 Å². The molecule has 0 aliphatic carbocycles. The van der Waals surface area contributed by atoms with Gasteiger partial charge in [-0.15, -0.1) is 0 Å². The second-order valence-electron chi connectivity index (χ2n) is 5.52. The van der Waals surface area contributed by atoms with E-state index in [1.54, 1.807) is 16.4 Å². The lowest BCUT2D eigenvalue weighted by Crippen LogP contribution is -2.43. The van der Waals surface area contributed by atoms with Gasteiger partial charge in [-0.2, -0.15) is 16.1 Å². The Balaban J connectivity index is 2.35. The Hall–Kier alpha value is -0.560. The third kappa shape index (κ3) is 3.62. The van der Waals surface area contributed by atoms with Gasteiger partial charge in [0.25, 0.3) is 0 Å². The second-order valence-corrected chi connectivity index (χ2v) is 9.34. The van der Waals surface area contributed by atoms with E-state index in [4.69, 9.17) is 0 Å². The average molecular weight is 329 g/mol. The fourth-order valence-electron chi connectivity index (χ4n) is 2.73. The normalized spacial score (nSPS) is 24.2. The van der Waals surface area contributed by atoms with Crippen molar-refractivity contribution < 1.29 is 13.5 Å². The van der Waals surface area contributed by atoms with Crippen LogP contribution in [0.25, 0.3) is 0 Å². The van der Waals surface area contributed by atoms with Gasteiger partial charge in [-0.05, 0) is 29.7 Å². The van der Waals surface area contributed by atoms with E-state index in [1.807, 2.05) is 24.8 Å². The number of nitrogens with zero attached hydrogens (tertiary/aromatic N) is 1. The monoisotopic (exact) mass is 329 g/mol. The van der Waals surface area contributed by atoms with Gasteiger partial charge in [0.15, 0.2) is 0 Å². The molecule has 1 aromatic carbocycles. The molecule has 1 aliphatic rings. The van der Waals surface area contributed by atoms with E-state index in [9.17, 15) is 13.5 Å². The molecule has 4 nitrogen and oxygen atoms in total. The maximum Gasteiger partial charge on any atom is 0.243 e. The SMILES string of the molecule is CCc1ccc(S(=O)(=O)N2CC(C)SC(C)C2)cc1CO. The number of aliphatic hydroxyl groups excluding tert-OH is 1. The minimum atomic E-state index is -3.48. The number of sulfonamides is 1. The van der Waals surface area contributed by atoms with E-state index in [0.29, 0.717) is 29.2 Å². The van der Waals surface area contributed by atoms with Crippen molar-refractivity contribution in [1.82, 2.24) is 4.31 Å². The topological polar surface area (TPSA) is 57.6 Å². The van der Waals surface area contributed by atoms with E-state index in [1.165, 1.54) is 0 Å². The van der Waals surface area contributed by atoms with E-state index < -0.39 is 10.0 Å². The molecular formula is C15H23NO3S2. The Morgan fingerprint density at radius 1 is 1.24 bits per heavy atom. The van der Waals surface area contributed by atoms with Gasteiger partial charge in [-0.25, -0.2) is 8.42 Å². The van der Waals surface area contributed by atoms with Crippen LogP contribution < -0.4 is 0 Å². The number of hydrogen-bond acceptors (Lipinski definition) is 4. The first-order valence-electron chi connectivity index (χ1n) is 7.26. The highest BCUT2D eigenvalue weighted by molar-refractivity contribution is 8.00. The summed E-state index contributed by atoms with van der Waals surface area (Å²) in [5.41, 5.74) is 1.69. The van der Waals surface area contributed by atoms with Crippen molar-refractivity contribution in [3.63, 3.8) is 0 Å². The van der Waals surface area contributed by atoms with E-state index >= 15 is 0 Å². The summed E-state index contributed by atoms with van der Waals surface area (Å²) in [6.07, 6.45) is 0.782. The predicted octanol–water partition coefficient (Wildman–Crippen LogP) is 2.26. The summed E-state index contributed by atoms with van der Waals surface area (Å²) in [5, 5.41) is 10.0. The molecule has 118 valence electrons. The van der Waals surface area contributed by atoms with Gasteiger partial charge in [0, 0.05) is 23.6 Å². The summed E-state index contributed by atoms with van der Waals surface area (Å²) >= 11 is 1.82. The number of aliphatic hydroxyl groups is 1. The molecule has 2 atom stereocenters. The van der Waals surface area contributed by atoms with Crippen LogP contribution in [0.5, 0.6) is 0 Å². The maximum absolute atomic E-state index is 12.8. The van der Waals surface area contributed by atoms with Crippen LogP contribution in [0.4, 0.5) is 0 Å². The van der Waals surface area contributed by atoms with Crippen molar-refractivity contribution in [2.45, 2.75) is 49.2 Å². The molecule has 1 fully saturated rings. The summed E-state index contributed by atoms with van der Waals surface area (Å²) in [5.74, 6) is 0. The Labute approximate surface area is 131 Å². The Bertz CT molecular complexity index is 591. The summed E-state index contributed by atoms with van der Waals surface area (Å²) in [7, 11) is -3.48. The van der Waals surface area contributed by atoms with E-state index in [-0.39, 0.29) is 11.5 Å². The highest BCUT2D eigenvalue weighted by Gasteiger charge is 2.32. The number of thioether (sulfide) groups is 1. The third-order valence-electron chi connectivity index (χ3n) is 3.75. The van der Waals surface area contributed by atoms with Crippen LogP contribution in [0.3, 0.4) is 0 Å². The zero-order valence-corrected chi connectivity index (χ0v) is 14.4. The Morgan fingerprint density at radius 2 is 1.86 bits per heavy atom. The average Bonchev–Trinajstić information content (AvgIpc) is 2.45. The number of aryl methyl sites for hydroxylation is 1. The molecule has 1 saturated heterocycles. The van der Waals surface area contributed by atoms with Crippen LogP contribution in [0.1, 0.15) is 31.9 Å². The highest BCUT2D eigenvalue weighted by atomic mass is 32.2. The molecule has 1 aromatic rings. The minimum Gasteiger partial charge on any atom is -0.392 e. The first-order chi connectivity index (χ1) is 9.88. The molecule has 1 N–H and O–H groups in total. The van der Waals surface area contributed by atoms with Crippen LogP contribution in [-0.4, -0.2) is 41.4 Å². The summed E-state index contributed by atoms with van der Waals surface area (Å²) in [6.45, 7) is 7.07. The lowest BCUT2D eigenvalue weighted by atomic mass is 10.1. The molecule has 0 spiro atoms. The fraction of sp³-hybridized carbons (Fsp3) is 0.600. The molecule has 0 amide bonds. The molecule has 2 rings (SSSR count). The first kappa shape index (κ1) is 16.8. The third-order valence-corrected chi connectivity index (χ3v) is 6.81. The summed E-state index contributed by atoms with van der Waals surface area (Å²) < 4.78 is 27.1. The maximum atomic E-state index is 12.8. The zero-order valence-electron chi connectivity index (χ0n) is 12.7. The molecule has 1 heterocycles. The van der Waals surface area contributed by atoms with Crippen LogP contribution in [-0.2, 0) is 23.1 Å². The fourth-order valence-corrected chi connectivity index (χ4v) is 5.91. The van der Waals surface area contributed by atoms with Gasteiger partial charge in [0.2, 0.25) is 10.0 Å². The van der Waals surface area contributed by atoms with Crippen LogP contribution in [0.2, 0.25) is 0 Å². The lowest BCUT2D eigenvalue weighted by molar-refractivity contribution is 0.280. The van der Waals surface area contributed by atoms with Crippen molar-refractivity contribution in [3.8, 4) is 0 Å². The predicted molar refractivity (Wildman–Crippen MR) is 87.0 cm³/mol. The van der Waals surface area contributed by atoms with E-state index in [0.717, 1.165) is 12.0 Å².